The van der Waals surface area contributed by atoms with Gasteiger partial charge in [0, 0.05) is 13.7 Å². The maximum absolute atomic E-state index is 10.5. The minimum atomic E-state index is -0.850. The largest absolute Gasteiger partial charge is 0.481 e. The van der Waals surface area contributed by atoms with Gasteiger partial charge in [0.05, 0.1) is 18.4 Å². The van der Waals surface area contributed by atoms with Gasteiger partial charge in [-0.3, -0.25) is 4.79 Å². The number of methoxy groups -OCH3 is 1. The second-order valence-corrected chi connectivity index (χ2v) is 5.80. The molecule has 0 fully saturated rings. The summed E-state index contributed by atoms with van der Waals surface area (Å²) in [6.07, 6.45) is 0. The van der Waals surface area contributed by atoms with E-state index in [4.69, 9.17) is 9.84 Å². The Morgan fingerprint density at radius 3 is 2.89 bits per heavy atom. The Morgan fingerprint density at radius 2 is 2.33 bits per heavy atom. The highest BCUT2D eigenvalue weighted by atomic mass is 32.2. The van der Waals surface area contributed by atoms with Crippen LogP contribution in [-0.2, 0) is 9.53 Å². The molecule has 0 aromatic carbocycles. The van der Waals surface area contributed by atoms with E-state index in [9.17, 15) is 4.79 Å². The highest BCUT2D eigenvalue weighted by Gasteiger charge is 2.17. The number of hydrogen-bond donors (Lipinski definition) is 1. The number of ether oxygens (including phenoxy) is 1. The Balaban J connectivity index is 2.66. The second kappa shape index (κ2) is 7.55. The number of thioether (sulfide) groups is 1. The smallest absolute Gasteiger partial charge is 0.313 e. The first-order valence-corrected chi connectivity index (χ1v) is 7.32. The van der Waals surface area contributed by atoms with Crippen LogP contribution in [0.15, 0.2) is 4.34 Å². The molecule has 102 valence electrons. The first kappa shape index (κ1) is 15.2. The van der Waals surface area contributed by atoms with Crippen molar-refractivity contribution < 1.29 is 14.6 Å². The van der Waals surface area contributed by atoms with E-state index >= 15 is 0 Å². The van der Waals surface area contributed by atoms with Crippen LogP contribution in [0.25, 0.3) is 0 Å². The summed E-state index contributed by atoms with van der Waals surface area (Å²) in [6, 6.07) is 0.213. The molecule has 0 bridgehead atoms. The minimum absolute atomic E-state index is 0.00832. The molecule has 8 heteroatoms. The fraction of sp³-hybridized carbons (Fsp3) is 0.700. The van der Waals surface area contributed by atoms with Crippen LogP contribution in [0.5, 0.6) is 0 Å². The van der Waals surface area contributed by atoms with Gasteiger partial charge < -0.3 is 14.7 Å². The first-order chi connectivity index (χ1) is 8.58. The lowest BCUT2D eigenvalue weighted by molar-refractivity contribution is -0.133. The van der Waals surface area contributed by atoms with Gasteiger partial charge in [0.1, 0.15) is 0 Å². The number of aliphatic carboxylic acids is 1. The van der Waals surface area contributed by atoms with Crippen LogP contribution in [0, 0.1) is 0 Å². The molecule has 1 aromatic heterocycles. The average Bonchev–Trinajstić information content (AvgIpc) is 2.76. The lowest BCUT2D eigenvalue weighted by atomic mass is 10.3. The number of carbonyl (C=O) groups is 1. The molecule has 1 unspecified atom stereocenters. The highest BCUT2D eigenvalue weighted by Crippen LogP contribution is 2.28. The van der Waals surface area contributed by atoms with Crippen LogP contribution in [0.1, 0.15) is 13.8 Å². The lowest BCUT2D eigenvalue weighted by Gasteiger charge is -2.26. The quantitative estimate of drug-likeness (QED) is 0.729. The molecule has 0 saturated carbocycles. The van der Waals surface area contributed by atoms with Crippen LogP contribution >= 0.6 is 23.1 Å². The van der Waals surface area contributed by atoms with Crippen LogP contribution < -0.4 is 4.90 Å². The molecule has 0 aliphatic carbocycles. The summed E-state index contributed by atoms with van der Waals surface area (Å²) in [7, 11) is 1.67. The van der Waals surface area contributed by atoms with Gasteiger partial charge in [-0.15, -0.1) is 10.2 Å². The van der Waals surface area contributed by atoms with Gasteiger partial charge in [0.25, 0.3) is 0 Å². The summed E-state index contributed by atoms with van der Waals surface area (Å²) in [4.78, 5) is 12.6. The van der Waals surface area contributed by atoms with E-state index in [0.29, 0.717) is 10.9 Å². The number of hydrogen-bond acceptors (Lipinski definition) is 7. The van der Waals surface area contributed by atoms with Crippen molar-refractivity contribution in [2.75, 3.05) is 30.9 Å². The van der Waals surface area contributed by atoms with Crippen molar-refractivity contribution in [2.24, 2.45) is 0 Å². The van der Waals surface area contributed by atoms with Crippen molar-refractivity contribution in [3.05, 3.63) is 0 Å². The number of carboxylic acid groups (broad SMARTS) is 1. The molecule has 0 aliphatic heterocycles. The number of rotatable bonds is 8. The lowest BCUT2D eigenvalue weighted by Crippen LogP contribution is -2.36. The maximum atomic E-state index is 10.5. The van der Waals surface area contributed by atoms with Crippen molar-refractivity contribution in [2.45, 2.75) is 24.2 Å². The molecule has 0 amide bonds. The van der Waals surface area contributed by atoms with E-state index in [1.54, 1.807) is 7.11 Å². The standard InChI is InChI=1S/C10H17N3O3S2/c1-4-13(7(2)5-16-3)9-11-12-10(18-9)17-6-8(14)15/h7H,4-6H2,1-3H3,(H,14,15). The summed E-state index contributed by atoms with van der Waals surface area (Å²) < 4.78 is 5.80. The third kappa shape index (κ3) is 4.43. The molecule has 0 spiro atoms. The first-order valence-electron chi connectivity index (χ1n) is 5.52. The Kier molecular flexibility index (Phi) is 6.37. The van der Waals surface area contributed by atoms with E-state index < -0.39 is 5.97 Å². The summed E-state index contributed by atoms with van der Waals surface area (Å²) >= 11 is 2.60. The third-order valence-electron chi connectivity index (χ3n) is 2.24. The molecular weight excluding hydrogens is 274 g/mol. The van der Waals surface area contributed by atoms with Crippen LogP contribution in [0.4, 0.5) is 5.13 Å². The van der Waals surface area contributed by atoms with E-state index in [2.05, 4.69) is 22.0 Å². The molecule has 1 rings (SSSR count). The summed E-state index contributed by atoms with van der Waals surface area (Å²) in [5.74, 6) is -0.842. The molecule has 6 nitrogen and oxygen atoms in total. The predicted molar refractivity (Wildman–Crippen MR) is 72.6 cm³/mol. The number of carboxylic acids is 1. The minimum Gasteiger partial charge on any atom is -0.481 e. The average molecular weight is 291 g/mol. The van der Waals surface area contributed by atoms with Gasteiger partial charge in [0.2, 0.25) is 5.13 Å². The highest BCUT2D eigenvalue weighted by molar-refractivity contribution is 8.01. The van der Waals surface area contributed by atoms with E-state index in [0.717, 1.165) is 11.7 Å². The summed E-state index contributed by atoms with van der Waals surface area (Å²) in [5.41, 5.74) is 0. The Morgan fingerprint density at radius 1 is 1.61 bits per heavy atom. The van der Waals surface area contributed by atoms with Crippen molar-refractivity contribution in [1.29, 1.82) is 0 Å². The molecule has 0 saturated heterocycles. The number of anilines is 1. The molecule has 0 aliphatic rings. The fourth-order valence-electron chi connectivity index (χ4n) is 1.47. The maximum Gasteiger partial charge on any atom is 0.313 e. The van der Waals surface area contributed by atoms with Crippen molar-refractivity contribution in [3.63, 3.8) is 0 Å². The Labute approximate surface area is 114 Å². The second-order valence-electron chi connectivity index (χ2n) is 3.62. The molecule has 1 aromatic rings. The van der Waals surface area contributed by atoms with Crippen molar-refractivity contribution in [3.8, 4) is 0 Å². The zero-order chi connectivity index (χ0) is 13.5. The third-order valence-corrected chi connectivity index (χ3v) is 4.32. The number of aromatic nitrogens is 2. The number of nitrogens with zero attached hydrogens (tertiary/aromatic N) is 3. The van der Waals surface area contributed by atoms with E-state index in [-0.39, 0.29) is 11.8 Å². The predicted octanol–water partition coefficient (Wildman–Crippen LogP) is 1.58. The van der Waals surface area contributed by atoms with Crippen LogP contribution in [0.2, 0.25) is 0 Å². The normalized spacial score (nSPS) is 12.4. The van der Waals surface area contributed by atoms with Crippen molar-refractivity contribution in [1.82, 2.24) is 10.2 Å². The molecule has 1 N–H and O–H groups in total. The SMILES string of the molecule is CCN(c1nnc(SCC(=O)O)s1)C(C)COC. The fourth-order valence-corrected chi connectivity index (χ4v) is 3.19. The van der Waals surface area contributed by atoms with Gasteiger partial charge in [-0.05, 0) is 13.8 Å². The van der Waals surface area contributed by atoms with Gasteiger partial charge in [-0.25, -0.2) is 0 Å². The van der Waals surface area contributed by atoms with Gasteiger partial charge >= 0.3 is 5.97 Å². The molecule has 0 radical (unpaired) electrons. The zero-order valence-corrected chi connectivity index (χ0v) is 12.3. The summed E-state index contributed by atoms with van der Waals surface area (Å²) in [5, 5.41) is 17.5. The van der Waals surface area contributed by atoms with Gasteiger partial charge in [-0.2, -0.15) is 0 Å². The molecule has 1 atom stereocenters. The van der Waals surface area contributed by atoms with Crippen LogP contribution in [0.3, 0.4) is 0 Å². The van der Waals surface area contributed by atoms with Gasteiger partial charge in [0.15, 0.2) is 4.34 Å². The zero-order valence-electron chi connectivity index (χ0n) is 10.6. The van der Waals surface area contributed by atoms with Crippen LogP contribution in [-0.4, -0.2) is 53.3 Å². The molecule has 18 heavy (non-hydrogen) atoms. The summed E-state index contributed by atoms with van der Waals surface area (Å²) in [6.45, 7) is 5.52. The molecular formula is C10H17N3O3S2. The molecule has 1 heterocycles. The van der Waals surface area contributed by atoms with Gasteiger partial charge in [-0.1, -0.05) is 23.1 Å². The Bertz CT molecular complexity index is 386. The van der Waals surface area contributed by atoms with E-state index in [1.165, 1.54) is 23.1 Å². The number of likely N-dealkylation sites (N-methyl/N-ethyl adjacent to an activating group) is 1. The van der Waals surface area contributed by atoms with Crippen molar-refractivity contribution >= 4 is 34.2 Å². The topological polar surface area (TPSA) is 75.6 Å². The monoisotopic (exact) mass is 291 g/mol. The van der Waals surface area contributed by atoms with E-state index in [1.807, 2.05) is 6.92 Å². The Hall–Kier alpha value is -0.860.